The van der Waals surface area contributed by atoms with E-state index < -0.39 is 0 Å². The number of hydrogen-bond donors (Lipinski definition) is 1. The first-order chi connectivity index (χ1) is 5.31. The van der Waals surface area contributed by atoms with Gasteiger partial charge >= 0.3 is 0 Å². The monoisotopic (exact) mass is 176 g/mol. The molecule has 70 valence electrons. The average Bonchev–Trinajstić information content (AvgIpc) is 2.05. The summed E-state index contributed by atoms with van der Waals surface area (Å²) in [6, 6.07) is 0. The SMILES string of the molecule is CC.CCCCC(S)CCC. The third-order valence-electron chi connectivity index (χ3n) is 1.51. The second kappa shape index (κ2) is 13.0. The molecule has 0 aliphatic carbocycles. The Labute approximate surface area is 78.2 Å². The molecule has 0 radical (unpaired) electrons. The van der Waals surface area contributed by atoms with Crippen molar-refractivity contribution in [1.29, 1.82) is 0 Å². The molecule has 0 heterocycles. The number of rotatable bonds is 5. The molecule has 0 fully saturated rings. The Hall–Kier alpha value is 0.350. The van der Waals surface area contributed by atoms with Crippen LogP contribution in [0.25, 0.3) is 0 Å². The normalized spacial score (nSPS) is 11.7. The summed E-state index contributed by atoms with van der Waals surface area (Å²) in [4.78, 5) is 0. The van der Waals surface area contributed by atoms with Gasteiger partial charge in [-0.15, -0.1) is 0 Å². The van der Waals surface area contributed by atoms with Gasteiger partial charge in [0.05, 0.1) is 0 Å². The number of hydrogen-bond acceptors (Lipinski definition) is 1. The molecule has 0 aliphatic heterocycles. The minimum atomic E-state index is 0.662. The Morgan fingerprint density at radius 1 is 1.00 bits per heavy atom. The van der Waals surface area contributed by atoms with Gasteiger partial charge in [0.2, 0.25) is 0 Å². The first-order valence-electron chi connectivity index (χ1n) is 4.99. The van der Waals surface area contributed by atoms with Crippen molar-refractivity contribution in [1.82, 2.24) is 0 Å². The van der Waals surface area contributed by atoms with Gasteiger partial charge in [0.1, 0.15) is 0 Å². The van der Waals surface area contributed by atoms with E-state index in [0.29, 0.717) is 5.25 Å². The van der Waals surface area contributed by atoms with Crippen molar-refractivity contribution in [3.05, 3.63) is 0 Å². The highest BCUT2D eigenvalue weighted by molar-refractivity contribution is 7.80. The zero-order valence-corrected chi connectivity index (χ0v) is 9.45. The third kappa shape index (κ3) is 13.4. The molecule has 0 aliphatic rings. The Morgan fingerprint density at radius 3 is 1.91 bits per heavy atom. The van der Waals surface area contributed by atoms with Crippen LogP contribution in [0.15, 0.2) is 0 Å². The molecule has 11 heavy (non-hydrogen) atoms. The quantitative estimate of drug-likeness (QED) is 0.593. The van der Waals surface area contributed by atoms with Crippen LogP contribution in [0, 0.1) is 0 Å². The van der Waals surface area contributed by atoms with Gasteiger partial charge < -0.3 is 0 Å². The zero-order valence-electron chi connectivity index (χ0n) is 8.56. The fourth-order valence-electron chi connectivity index (χ4n) is 0.917. The fourth-order valence-corrected chi connectivity index (χ4v) is 1.36. The van der Waals surface area contributed by atoms with Gasteiger partial charge in [0.15, 0.2) is 0 Å². The zero-order chi connectivity index (χ0) is 9.11. The van der Waals surface area contributed by atoms with Crippen LogP contribution in [0.2, 0.25) is 0 Å². The van der Waals surface area contributed by atoms with Gasteiger partial charge in [-0.3, -0.25) is 0 Å². The molecule has 1 heteroatoms. The van der Waals surface area contributed by atoms with Crippen LogP contribution in [0.5, 0.6) is 0 Å². The summed E-state index contributed by atoms with van der Waals surface area (Å²) in [5.74, 6) is 0. The van der Waals surface area contributed by atoms with Crippen LogP contribution in [0.4, 0.5) is 0 Å². The molecule has 0 N–H and O–H groups in total. The van der Waals surface area contributed by atoms with Crippen molar-refractivity contribution in [2.24, 2.45) is 0 Å². The molecule has 0 aromatic heterocycles. The Morgan fingerprint density at radius 2 is 1.55 bits per heavy atom. The molecular formula is C10H24S. The van der Waals surface area contributed by atoms with Crippen LogP contribution in [0.3, 0.4) is 0 Å². The molecule has 0 bridgehead atoms. The molecule has 0 aromatic carbocycles. The summed E-state index contributed by atoms with van der Waals surface area (Å²) in [5, 5.41) is 0.662. The first-order valence-corrected chi connectivity index (χ1v) is 5.51. The first kappa shape index (κ1) is 13.9. The molecule has 0 amide bonds. The third-order valence-corrected chi connectivity index (χ3v) is 2.03. The van der Waals surface area contributed by atoms with E-state index in [2.05, 4.69) is 26.5 Å². The lowest BCUT2D eigenvalue weighted by Crippen LogP contribution is -1.96. The predicted molar refractivity (Wildman–Crippen MR) is 58.6 cm³/mol. The smallest absolute Gasteiger partial charge is 0.00167 e. The van der Waals surface area contributed by atoms with Crippen molar-refractivity contribution in [3.8, 4) is 0 Å². The van der Waals surface area contributed by atoms with Crippen LogP contribution in [-0.2, 0) is 0 Å². The lowest BCUT2D eigenvalue weighted by molar-refractivity contribution is 0.642. The molecule has 1 unspecified atom stereocenters. The van der Waals surface area contributed by atoms with E-state index in [0.717, 1.165) is 0 Å². The largest absolute Gasteiger partial charge is 0.176 e. The lowest BCUT2D eigenvalue weighted by atomic mass is 10.1. The van der Waals surface area contributed by atoms with Gasteiger partial charge in [0.25, 0.3) is 0 Å². The van der Waals surface area contributed by atoms with Crippen molar-refractivity contribution in [2.75, 3.05) is 0 Å². The predicted octanol–water partition coefficient (Wildman–Crippen LogP) is 4.30. The highest BCUT2D eigenvalue weighted by Gasteiger charge is 1.98. The van der Waals surface area contributed by atoms with E-state index in [1.165, 1.54) is 32.1 Å². The van der Waals surface area contributed by atoms with E-state index in [1.54, 1.807) is 0 Å². The molecule has 0 spiro atoms. The van der Waals surface area contributed by atoms with E-state index in [1.807, 2.05) is 13.8 Å². The van der Waals surface area contributed by atoms with E-state index >= 15 is 0 Å². The standard InChI is InChI=1S/C8H18S.C2H6/c1-3-5-7-8(9)6-4-2;1-2/h8-9H,3-7H2,1-2H3;1-2H3. The van der Waals surface area contributed by atoms with Crippen molar-refractivity contribution in [3.63, 3.8) is 0 Å². The fraction of sp³-hybridized carbons (Fsp3) is 1.00. The highest BCUT2D eigenvalue weighted by atomic mass is 32.1. The second-order valence-electron chi connectivity index (χ2n) is 2.58. The summed E-state index contributed by atoms with van der Waals surface area (Å²) in [6.45, 7) is 8.45. The van der Waals surface area contributed by atoms with Gasteiger partial charge in [-0.25, -0.2) is 0 Å². The summed E-state index contributed by atoms with van der Waals surface area (Å²) in [7, 11) is 0. The maximum atomic E-state index is 4.44. The summed E-state index contributed by atoms with van der Waals surface area (Å²) < 4.78 is 0. The minimum absolute atomic E-state index is 0.662. The molecule has 0 aromatic rings. The van der Waals surface area contributed by atoms with Gasteiger partial charge in [-0.1, -0.05) is 47.0 Å². The van der Waals surface area contributed by atoms with Gasteiger partial charge in [0, 0.05) is 5.25 Å². The Kier molecular flexibility index (Phi) is 16.4. The maximum Gasteiger partial charge on any atom is 0.00167 e. The van der Waals surface area contributed by atoms with Crippen molar-refractivity contribution < 1.29 is 0 Å². The molecule has 0 saturated heterocycles. The molecule has 0 nitrogen and oxygen atoms in total. The lowest BCUT2D eigenvalue weighted by Gasteiger charge is -2.06. The van der Waals surface area contributed by atoms with Crippen LogP contribution in [-0.4, -0.2) is 5.25 Å². The second-order valence-corrected chi connectivity index (χ2v) is 3.32. The van der Waals surface area contributed by atoms with Crippen molar-refractivity contribution in [2.45, 2.75) is 65.0 Å². The topological polar surface area (TPSA) is 0 Å². The Balaban J connectivity index is 0. The van der Waals surface area contributed by atoms with E-state index in [4.69, 9.17) is 0 Å². The maximum absolute atomic E-state index is 4.44. The number of unbranched alkanes of at least 4 members (excludes halogenated alkanes) is 1. The molecule has 0 rings (SSSR count). The van der Waals surface area contributed by atoms with Gasteiger partial charge in [-0.05, 0) is 12.8 Å². The van der Waals surface area contributed by atoms with Crippen LogP contribution >= 0.6 is 12.6 Å². The van der Waals surface area contributed by atoms with E-state index in [-0.39, 0.29) is 0 Å². The molecular weight excluding hydrogens is 152 g/mol. The van der Waals surface area contributed by atoms with Crippen molar-refractivity contribution >= 4 is 12.6 Å². The molecule has 1 atom stereocenters. The molecule has 0 saturated carbocycles. The van der Waals surface area contributed by atoms with Crippen LogP contribution < -0.4 is 0 Å². The average molecular weight is 176 g/mol. The Bertz CT molecular complexity index is 52.8. The van der Waals surface area contributed by atoms with Gasteiger partial charge in [-0.2, -0.15) is 12.6 Å². The summed E-state index contributed by atoms with van der Waals surface area (Å²) in [5.41, 5.74) is 0. The summed E-state index contributed by atoms with van der Waals surface area (Å²) >= 11 is 4.44. The number of thiol groups is 1. The highest BCUT2D eigenvalue weighted by Crippen LogP contribution is 2.11. The minimum Gasteiger partial charge on any atom is -0.176 e. The van der Waals surface area contributed by atoms with E-state index in [9.17, 15) is 0 Å². The summed E-state index contributed by atoms with van der Waals surface area (Å²) in [6.07, 6.45) is 6.50. The van der Waals surface area contributed by atoms with Crippen LogP contribution in [0.1, 0.15) is 59.8 Å².